The van der Waals surface area contributed by atoms with Gasteiger partial charge in [-0.1, -0.05) is 18.2 Å². The van der Waals surface area contributed by atoms with E-state index in [2.05, 4.69) is 0 Å². The number of hydrogen-bond donors (Lipinski definition) is 2. The molecule has 0 amide bonds. The maximum atomic E-state index is 12.1. The molecule has 126 valence electrons. The third-order valence-electron chi connectivity index (χ3n) is 3.45. The second-order valence-electron chi connectivity index (χ2n) is 5.30. The lowest BCUT2D eigenvalue weighted by atomic mass is 10.1. The van der Waals surface area contributed by atoms with Crippen LogP contribution in [0.1, 0.15) is 21.9 Å². The summed E-state index contributed by atoms with van der Waals surface area (Å²) < 4.78 is 11.2. The summed E-state index contributed by atoms with van der Waals surface area (Å²) in [6.07, 6.45) is 2.81. The summed E-state index contributed by atoms with van der Waals surface area (Å²) in [5.41, 5.74) is 0.105. The summed E-state index contributed by atoms with van der Waals surface area (Å²) >= 11 is 0. The Labute approximate surface area is 144 Å². The number of hydrogen-bond acceptors (Lipinski definition) is 5. The number of allylic oxidation sites excluding steroid dienone is 1. The smallest absolute Gasteiger partial charge is 0.189 e. The fourth-order valence-corrected chi connectivity index (χ4v) is 2.21. The molecule has 1 aromatic heterocycles. The van der Waals surface area contributed by atoms with Gasteiger partial charge < -0.3 is 19.4 Å². The molecule has 0 fully saturated rings. The molecule has 5 nitrogen and oxygen atoms in total. The third kappa shape index (κ3) is 4.29. The molecule has 0 aliphatic rings. The molecule has 0 aliphatic carbocycles. The summed E-state index contributed by atoms with van der Waals surface area (Å²) in [4.78, 5) is 12.1. The summed E-state index contributed by atoms with van der Waals surface area (Å²) in [5.74, 6) is 1.10. The van der Waals surface area contributed by atoms with Crippen LogP contribution in [0.5, 0.6) is 17.2 Å². The van der Waals surface area contributed by atoms with E-state index in [-0.39, 0.29) is 23.7 Å². The van der Waals surface area contributed by atoms with E-state index in [4.69, 9.17) is 9.15 Å². The Morgan fingerprint density at radius 3 is 2.60 bits per heavy atom. The summed E-state index contributed by atoms with van der Waals surface area (Å²) in [5, 5.41) is 18.9. The molecule has 3 rings (SSSR count). The van der Waals surface area contributed by atoms with Crippen molar-refractivity contribution < 1.29 is 24.2 Å². The van der Waals surface area contributed by atoms with Crippen LogP contribution in [0.3, 0.4) is 0 Å². The molecule has 1 heterocycles. The van der Waals surface area contributed by atoms with Gasteiger partial charge in [0.2, 0.25) is 0 Å². The largest absolute Gasteiger partial charge is 0.508 e. The van der Waals surface area contributed by atoms with Crippen LogP contribution in [0.25, 0.3) is 6.08 Å². The Hall–Kier alpha value is -3.47. The van der Waals surface area contributed by atoms with Crippen molar-refractivity contribution in [3.8, 4) is 17.2 Å². The first kappa shape index (κ1) is 16.4. The first-order valence-electron chi connectivity index (χ1n) is 7.63. The minimum absolute atomic E-state index is 0.105. The molecular formula is C20H16O5. The van der Waals surface area contributed by atoms with Gasteiger partial charge in [0, 0.05) is 6.07 Å². The SMILES string of the molecule is O=C(/C=C/c1ccc(COc2ccccc2)o1)c1ccc(O)cc1O. The van der Waals surface area contributed by atoms with E-state index in [1.54, 1.807) is 12.1 Å². The molecule has 0 atom stereocenters. The molecule has 25 heavy (non-hydrogen) atoms. The van der Waals surface area contributed by atoms with Crippen molar-refractivity contribution in [2.24, 2.45) is 0 Å². The van der Waals surface area contributed by atoms with Crippen molar-refractivity contribution in [3.05, 3.63) is 83.8 Å². The van der Waals surface area contributed by atoms with Crippen molar-refractivity contribution in [1.29, 1.82) is 0 Å². The Balaban J connectivity index is 1.62. The zero-order valence-electron chi connectivity index (χ0n) is 13.3. The molecule has 2 N–H and O–H groups in total. The number of aromatic hydroxyl groups is 2. The molecule has 0 radical (unpaired) electrons. The number of carbonyl (C=O) groups excluding carboxylic acids is 1. The van der Waals surface area contributed by atoms with E-state index in [0.29, 0.717) is 11.5 Å². The summed E-state index contributed by atoms with van der Waals surface area (Å²) in [6.45, 7) is 0.282. The molecule has 0 spiro atoms. The first-order valence-corrected chi connectivity index (χ1v) is 7.63. The first-order chi connectivity index (χ1) is 12.1. The highest BCUT2D eigenvalue weighted by Gasteiger charge is 2.09. The van der Waals surface area contributed by atoms with E-state index < -0.39 is 5.78 Å². The minimum atomic E-state index is -0.393. The second kappa shape index (κ2) is 7.40. The quantitative estimate of drug-likeness (QED) is 0.522. The van der Waals surface area contributed by atoms with E-state index in [0.717, 1.165) is 11.8 Å². The van der Waals surface area contributed by atoms with E-state index >= 15 is 0 Å². The molecule has 5 heteroatoms. The third-order valence-corrected chi connectivity index (χ3v) is 3.45. The average molecular weight is 336 g/mol. The number of para-hydroxylation sites is 1. The number of carbonyl (C=O) groups is 1. The Morgan fingerprint density at radius 1 is 1.04 bits per heavy atom. The van der Waals surface area contributed by atoms with Crippen molar-refractivity contribution in [3.63, 3.8) is 0 Å². The number of ether oxygens (including phenoxy) is 1. The maximum Gasteiger partial charge on any atom is 0.189 e. The van der Waals surface area contributed by atoms with Crippen molar-refractivity contribution in [1.82, 2.24) is 0 Å². The highest BCUT2D eigenvalue weighted by molar-refractivity contribution is 6.08. The normalized spacial score (nSPS) is 10.9. The van der Waals surface area contributed by atoms with E-state index in [1.807, 2.05) is 30.3 Å². The number of phenolic OH excluding ortho intramolecular Hbond substituents is 2. The predicted molar refractivity (Wildman–Crippen MR) is 92.6 cm³/mol. The molecule has 0 saturated heterocycles. The fourth-order valence-electron chi connectivity index (χ4n) is 2.21. The van der Waals surface area contributed by atoms with Gasteiger partial charge in [-0.25, -0.2) is 0 Å². The number of phenols is 2. The van der Waals surface area contributed by atoms with Crippen molar-refractivity contribution in [2.75, 3.05) is 0 Å². The van der Waals surface area contributed by atoms with E-state index in [1.165, 1.54) is 24.3 Å². The van der Waals surface area contributed by atoms with Crippen LogP contribution in [0.15, 0.2) is 71.2 Å². The van der Waals surface area contributed by atoms with Crippen LogP contribution in [0.2, 0.25) is 0 Å². The van der Waals surface area contributed by atoms with Gasteiger partial charge in [0.25, 0.3) is 0 Å². The van der Waals surface area contributed by atoms with Crippen molar-refractivity contribution in [2.45, 2.75) is 6.61 Å². The van der Waals surface area contributed by atoms with Crippen LogP contribution in [-0.2, 0) is 6.61 Å². The van der Waals surface area contributed by atoms with Crippen LogP contribution in [-0.4, -0.2) is 16.0 Å². The Morgan fingerprint density at radius 2 is 1.84 bits per heavy atom. The fraction of sp³-hybridized carbons (Fsp3) is 0.0500. The van der Waals surface area contributed by atoms with Crippen LogP contribution >= 0.6 is 0 Å². The average Bonchev–Trinajstić information content (AvgIpc) is 3.07. The molecular weight excluding hydrogens is 320 g/mol. The molecule has 0 unspecified atom stereocenters. The van der Waals surface area contributed by atoms with Gasteiger partial charge >= 0.3 is 0 Å². The zero-order valence-corrected chi connectivity index (χ0v) is 13.3. The van der Waals surface area contributed by atoms with Gasteiger partial charge in [-0.3, -0.25) is 4.79 Å². The maximum absolute atomic E-state index is 12.1. The second-order valence-corrected chi connectivity index (χ2v) is 5.30. The van der Waals surface area contributed by atoms with Crippen molar-refractivity contribution >= 4 is 11.9 Å². The zero-order chi connectivity index (χ0) is 17.6. The predicted octanol–water partition coefficient (Wildman–Crippen LogP) is 4.17. The number of ketones is 1. The molecule has 0 saturated carbocycles. The van der Waals surface area contributed by atoms with E-state index in [9.17, 15) is 15.0 Å². The standard InChI is InChI=1S/C20H16O5/c21-14-6-10-18(20(23)12-14)19(22)11-9-16-7-8-17(25-16)13-24-15-4-2-1-3-5-15/h1-12,21,23H,13H2/b11-9+. The van der Waals surface area contributed by atoms with Gasteiger partial charge in [0.15, 0.2) is 5.78 Å². The topological polar surface area (TPSA) is 79.9 Å². The lowest BCUT2D eigenvalue weighted by Gasteiger charge is -2.02. The molecule has 0 bridgehead atoms. The summed E-state index contributed by atoms with van der Waals surface area (Å²) in [6, 6.07) is 16.7. The van der Waals surface area contributed by atoms with Crippen LogP contribution < -0.4 is 4.74 Å². The van der Waals surface area contributed by atoms with Gasteiger partial charge in [-0.15, -0.1) is 0 Å². The number of furan rings is 1. The van der Waals surface area contributed by atoms with Gasteiger partial charge in [0.1, 0.15) is 35.4 Å². The van der Waals surface area contributed by atoms with Gasteiger partial charge in [-0.2, -0.15) is 0 Å². The van der Waals surface area contributed by atoms with Crippen LogP contribution in [0.4, 0.5) is 0 Å². The number of benzene rings is 2. The molecule has 3 aromatic rings. The highest BCUT2D eigenvalue weighted by atomic mass is 16.5. The molecule has 2 aromatic carbocycles. The Bertz CT molecular complexity index is 893. The summed E-state index contributed by atoms with van der Waals surface area (Å²) in [7, 11) is 0. The lowest BCUT2D eigenvalue weighted by molar-refractivity contribution is 0.104. The van der Waals surface area contributed by atoms with Crippen LogP contribution in [0, 0.1) is 0 Å². The highest BCUT2D eigenvalue weighted by Crippen LogP contribution is 2.23. The molecule has 0 aliphatic heterocycles. The minimum Gasteiger partial charge on any atom is -0.508 e. The Kier molecular flexibility index (Phi) is 4.85. The number of rotatable bonds is 6. The van der Waals surface area contributed by atoms with Gasteiger partial charge in [-0.05, 0) is 48.6 Å². The lowest BCUT2D eigenvalue weighted by Crippen LogP contribution is -1.94. The monoisotopic (exact) mass is 336 g/mol. The van der Waals surface area contributed by atoms with Gasteiger partial charge in [0.05, 0.1) is 5.56 Å².